The monoisotopic (exact) mass is 1110 g/mol. The minimum absolute atomic E-state index is 0.0288. The zero-order valence-corrected chi connectivity index (χ0v) is 44.7. The average Bonchev–Trinajstić information content (AvgIpc) is 3.82. The fourth-order valence-electron chi connectivity index (χ4n) is 7.96. The fourth-order valence-corrected chi connectivity index (χ4v) is 8.48. The van der Waals surface area contributed by atoms with Crippen LogP contribution < -0.4 is 54.0 Å². The minimum Gasteiger partial charge on any atom is -0.480 e. The van der Waals surface area contributed by atoms with Crippen molar-refractivity contribution in [2.24, 2.45) is 11.5 Å². The van der Waals surface area contributed by atoms with Gasteiger partial charge < -0.3 is 74.3 Å². The van der Waals surface area contributed by atoms with Crippen LogP contribution in [-0.2, 0) is 62.4 Å². The van der Waals surface area contributed by atoms with Crippen LogP contribution in [0.5, 0.6) is 0 Å². The van der Waals surface area contributed by atoms with Gasteiger partial charge in [0, 0.05) is 41.4 Å². The van der Waals surface area contributed by atoms with E-state index >= 15 is 0 Å². The van der Waals surface area contributed by atoms with Gasteiger partial charge in [-0.25, -0.2) is 4.79 Å². The van der Waals surface area contributed by atoms with Crippen molar-refractivity contribution in [1.82, 2.24) is 47.5 Å². The molecule has 0 bridgehead atoms. The molecule has 16 N–H and O–H groups in total. The molecule has 0 aliphatic rings. The molecular weight excluding hydrogens is 1030 g/mol. The Morgan fingerprint density at radius 3 is 1.52 bits per heavy atom. The number of carboxylic acid groups (broad SMARTS) is 1. The highest BCUT2D eigenvalue weighted by atomic mass is 32.1. The number of aliphatic hydroxyl groups excluding tert-OH is 2. The Morgan fingerprint density at radius 1 is 0.519 bits per heavy atom. The van der Waals surface area contributed by atoms with Gasteiger partial charge in [0.15, 0.2) is 6.04 Å². The molecule has 0 radical (unpaired) electrons. The summed E-state index contributed by atoms with van der Waals surface area (Å²) in [5.74, 6) is -8.92. The van der Waals surface area contributed by atoms with Crippen molar-refractivity contribution in [1.29, 1.82) is 0 Å². The molecule has 1 heterocycles. The number of aliphatic carboxylic acids is 1. The van der Waals surface area contributed by atoms with Crippen LogP contribution >= 0.6 is 25.3 Å². The lowest BCUT2D eigenvalue weighted by molar-refractivity contribution is -0.145. The molecule has 0 fully saturated rings. The second-order valence-corrected chi connectivity index (χ2v) is 19.3. The molecule has 77 heavy (non-hydrogen) atoms. The molecule has 418 valence electrons. The number of hydrogen-bond acceptors (Lipinski definition) is 15. The van der Waals surface area contributed by atoms with Crippen LogP contribution in [0.1, 0.15) is 56.7 Å². The number of rotatable bonds is 31. The maximum atomic E-state index is 14.7. The molecule has 0 spiro atoms. The van der Waals surface area contributed by atoms with Crippen LogP contribution in [0.3, 0.4) is 0 Å². The summed E-state index contributed by atoms with van der Waals surface area (Å²) in [6, 6.07) is 12.4. The number of carbonyl (C=O) groups is 9. The van der Waals surface area contributed by atoms with Gasteiger partial charge in [-0.1, -0.05) is 78.9 Å². The van der Waals surface area contributed by atoms with Crippen molar-refractivity contribution in [3.63, 3.8) is 0 Å². The van der Waals surface area contributed by atoms with E-state index in [2.05, 4.69) is 72.8 Å². The molecule has 25 heteroatoms. The third kappa shape index (κ3) is 19.5. The lowest BCUT2D eigenvalue weighted by Crippen LogP contribution is -2.62. The molecule has 0 saturated heterocycles. The quantitative estimate of drug-likeness (QED) is 0.0197. The Hall–Kier alpha value is -7.03. The van der Waals surface area contributed by atoms with E-state index < -0.39 is 120 Å². The number of thiol groups is 2. The van der Waals surface area contributed by atoms with E-state index in [1.165, 1.54) is 13.8 Å². The summed E-state index contributed by atoms with van der Waals surface area (Å²) in [7, 11) is 0. The molecule has 0 aliphatic heterocycles. The maximum absolute atomic E-state index is 14.7. The van der Waals surface area contributed by atoms with E-state index in [4.69, 9.17) is 11.5 Å². The molecular formula is C52H71N11O12S2. The Morgan fingerprint density at radius 2 is 0.974 bits per heavy atom. The van der Waals surface area contributed by atoms with Crippen molar-refractivity contribution in [2.75, 3.05) is 18.1 Å². The number of nitrogens with one attached hydrogen (secondary N) is 9. The number of benzene rings is 3. The van der Waals surface area contributed by atoms with Crippen LogP contribution in [0.2, 0.25) is 0 Å². The number of hydrogen-bond donors (Lipinski definition) is 16. The lowest BCUT2D eigenvalue weighted by atomic mass is 10.0. The average molecular weight is 1110 g/mol. The number of aliphatic hydroxyl groups is 2. The van der Waals surface area contributed by atoms with Gasteiger partial charge in [-0.3, -0.25) is 38.4 Å². The predicted molar refractivity (Wildman–Crippen MR) is 293 cm³/mol. The zero-order valence-electron chi connectivity index (χ0n) is 42.9. The van der Waals surface area contributed by atoms with Gasteiger partial charge in [0.05, 0.1) is 18.2 Å². The first-order chi connectivity index (χ1) is 36.7. The van der Waals surface area contributed by atoms with E-state index in [1.807, 2.05) is 36.4 Å². The van der Waals surface area contributed by atoms with Crippen molar-refractivity contribution < 1.29 is 58.5 Å². The molecule has 0 saturated carbocycles. The minimum atomic E-state index is -1.72. The number of aromatic nitrogens is 1. The molecule has 1 aromatic heterocycles. The summed E-state index contributed by atoms with van der Waals surface area (Å²) >= 11 is 8.37. The highest BCUT2D eigenvalue weighted by Crippen LogP contribution is 2.20. The molecule has 0 unspecified atom stereocenters. The van der Waals surface area contributed by atoms with Crippen molar-refractivity contribution in [3.05, 3.63) is 108 Å². The van der Waals surface area contributed by atoms with E-state index in [0.717, 1.165) is 23.4 Å². The van der Waals surface area contributed by atoms with Crippen LogP contribution in [0.25, 0.3) is 10.9 Å². The van der Waals surface area contributed by atoms with Gasteiger partial charge in [-0.05, 0) is 75.8 Å². The largest absolute Gasteiger partial charge is 0.480 e. The molecule has 0 aliphatic carbocycles. The van der Waals surface area contributed by atoms with Gasteiger partial charge in [-0.2, -0.15) is 25.3 Å². The Kier molecular flexibility index (Phi) is 25.4. The number of unbranched alkanes of at least 4 members (excludes halogenated alkanes) is 1. The Labute approximate surface area is 456 Å². The first-order valence-electron chi connectivity index (χ1n) is 25.0. The fraction of sp³-hybridized carbons (Fsp3) is 0.442. The van der Waals surface area contributed by atoms with Gasteiger partial charge in [0.2, 0.25) is 47.3 Å². The number of nitrogens with two attached hydrogens (primary N) is 2. The summed E-state index contributed by atoms with van der Waals surface area (Å²) < 4.78 is 0. The van der Waals surface area contributed by atoms with Gasteiger partial charge in [0.1, 0.15) is 42.3 Å². The Bertz CT molecular complexity index is 2630. The zero-order chi connectivity index (χ0) is 56.8. The van der Waals surface area contributed by atoms with E-state index in [1.54, 1.807) is 54.7 Å². The number of amides is 8. The first kappa shape index (κ1) is 62.5. The smallest absolute Gasteiger partial charge is 0.328 e. The van der Waals surface area contributed by atoms with Crippen LogP contribution in [0.15, 0.2) is 91.1 Å². The molecule has 3 aromatic carbocycles. The number of para-hydroxylation sites is 1. The second-order valence-electron chi connectivity index (χ2n) is 18.5. The van der Waals surface area contributed by atoms with E-state index in [-0.39, 0.29) is 43.7 Å². The molecule has 4 aromatic rings. The maximum Gasteiger partial charge on any atom is 0.328 e. The van der Waals surface area contributed by atoms with E-state index in [0.29, 0.717) is 24.0 Å². The highest BCUT2D eigenvalue weighted by molar-refractivity contribution is 7.80. The first-order valence-corrected chi connectivity index (χ1v) is 26.3. The molecule has 23 nitrogen and oxygen atoms in total. The normalized spacial score (nSPS) is 15.5. The summed E-state index contributed by atoms with van der Waals surface area (Å²) in [4.78, 5) is 125. The summed E-state index contributed by atoms with van der Waals surface area (Å²) in [5, 5.41) is 50.7. The lowest BCUT2D eigenvalue weighted by Gasteiger charge is -2.28. The van der Waals surface area contributed by atoms with Crippen molar-refractivity contribution in [2.45, 2.75) is 126 Å². The number of H-pyrrole nitrogens is 1. The summed E-state index contributed by atoms with van der Waals surface area (Å²) in [5.41, 5.74) is 14.8. The highest BCUT2D eigenvalue weighted by Gasteiger charge is 2.36. The third-order valence-corrected chi connectivity index (χ3v) is 13.1. The van der Waals surface area contributed by atoms with Crippen molar-refractivity contribution in [3.8, 4) is 0 Å². The molecule has 11 atom stereocenters. The topological polar surface area (TPSA) is 378 Å². The van der Waals surface area contributed by atoms with Crippen molar-refractivity contribution >= 4 is 89.4 Å². The van der Waals surface area contributed by atoms with Gasteiger partial charge in [-0.15, -0.1) is 0 Å². The number of aromatic amines is 1. The van der Waals surface area contributed by atoms with Crippen LogP contribution in [0, 0.1) is 0 Å². The number of carbonyl (C=O) groups excluding carboxylic acids is 8. The van der Waals surface area contributed by atoms with Gasteiger partial charge >= 0.3 is 5.97 Å². The number of fused-ring (bicyclic) bond motifs is 1. The third-order valence-electron chi connectivity index (χ3n) is 12.4. The molecule has 4 rings (SSSR count). The summed E-state index contributed by atoms with van der Waals surface area (Å²) in [6.07, 6.45) is -0.714. The SMILES string of the molecule is C[C@H](NC(=O)[C@@H](NC(=O)[C@H](CCCCN)NC(=O)[C@@H](Cc1c[nH]c2ccccc12)NC(=O)[C@H](Cc1ccccc1)NC(=O)[C@H](CS)NC(=O)[C@H](N)Cc1ccccc1)[C@@H](C)O)C(=O)N[C@@H](CS)C(=O)N[C@H](C(=O)O)[C@@H](C)O. The van der Waals surface area contributed by atoms with Crippen LogP contribution in [0.4, 0.5) is 0 Å². The van der Waals surface area contributed by atoms with Gasteiger partial charge in [0.25, 0.3) is 0 Å². The summed E-state index contributed by atoms with van der Waals surface area (Å²) in [6.45, 7) is 3.81. The second kappa shape index (κ2) is 31.3. The standard InChI is InChI=1S/C52H71N11O12S2/c1-28(44(66)60-41(27-77)50(72)63-43(30(3)65)52(74)75)56-51(73)42(29(2)64)62-46(68)37(20-12-13-21-53)57-48(70)39(24-33-25-55-36-19-11-10-18-34(33)36)59-47(69)38(23-32-16-8-5-9-17-32)58-49(71)40(26-76)61-45(67)35(54)22-31-14-6-4-7-15-31/h4-11,14-19,25,28-30,35,37-43,55,64-65,76-77H,12-13,20-24,26-27,53-54H2,1-3H3,(H,56,73)(H,57,70)(H,58,71)(H,59,69)(H,60,66)(H,61,67)(H,62,68)(H,63,72)(H,74,75)/t28-,29+,30+,35+,37-,38-,39+,40-,41-,42-,43-/m0/s1. The molecule has 8 amide bonds. The van der Waals surface area contributed by atoms with E-state index in [9.17, 15) is 58.5 Å². The predicted octanol–water partition coefficient (Wildman–Crippen LogP) is -1.74. The number of carboxylic acids is 1. The Balaban J connectivity index is 1.57. The van der Waals surface area contributed by atoms with Crippen LogP contribution in [-0.4, -0.2) is 158 Å².